The van der Waals surface area contributed by atoms with Gasteiger partial charge >= 0.3 is 6.09 Å². The summed E-state index contributed by atoms with van der Waals surface area (Å²) in [4.78, 5) is 13.0. The zero-order chi connectivity index (χ0) is 32.1. The summed E-state index contributed by atoms with van der Waals surface area (Å²) in [5.41, 5.74) is 3.97. The number of ether oxygens (including phenoxy) is 3. The van der Waals surface area contributed by atoms with Crippen molar-refractivity contribution in [3.05, 3.63) is 131 Å². The van der Waals surface area contributed by atoms with Crippen molar-refractivity contribution in [2.24, 2.45) is 5.92 Å². The van der Waals surface area contributed by atoms with E-state index in [0.717, 1.165) is 39.9 Å². The second-order valence-corrected chi connectivity index (χ2v) is 12.0. The van der Waals surface area contributed by atoms with Crippen LogP contribution in [0.15, 0.2) is 97.1 Å². The molecule has 4 aromatic carbocycles. The van der Waals surface area contributed by atoms with Crippen LogP contribution in [-0.4, -0.2) is 48.8 Å². The standard InChI is InChI=1S/C36H34F2N2O5S/c37-25-14-15-32(33(38)17-25)36(22-45-26(16-24(36)18-41)20-43-19-23-8-2-1-3-9-23)40-34(46)39-35(42)44-21-31-29-12-6-4-10-27(29)28-11-5-7-13-30(28)31/h1-15,17,24,26,31,41H,16,18-22H2,(H2,39,40,42,46)/t24-,26+,36-/m0/s1. The Morgan fingerprint density at radius 1 is 0.935 bits per heavy atom. The molecule has 1 saturated heterocycles. The molecule has 1 fully saturated rings. The molecular formula is C36H34F2N2O5S. The molecule has 0 spiro atoms. The third-order valence-corrected chi connectivity index (χ3v) is 8.94. The summed E-state index contributed by atoms with van der Waals surface area (Å²) in [7, 11) is 0. The van der Waals surface area contributed by atoms with Gasteiger partial charge in [-0.1, -0.05) is 84.9 Å². The van der Waals surface area contributed by atoms with Gasteiger partial charge in [-0.15, -0.1) is 0 Å². The average molecular weight is 645 g/mol. The summed E-state index contributed by atoms with van der Waals surface area (Å²) in [5, 5.41) is 15.9. The van der Waals surface area contributed by atoms with Crippen LogP contribution in [0.5, 0.6) is 0 Å². The number of fused-ring (bicyclic) bond motifs is 3. The Morgan fingerprint density at radius 3 is 2.28 bits per heavy atom. The number of hydrogen-bond acceptors (Lipinski definition) is 6. The van der Waals surface area contributed by atoms with Crippen molar-refractivity contribution in [2.45, 2.75) is 30.6 Å². The van der Waals surface area contributed by atoms with E-state index in [0.29, 0.717) is 6.61 Å². The number of aliphatic hydroxyl groups is 1. The van der Waals surface area contributed by atoms with Crippen LogP contribution in [0.25, 0.3) is 11.1 Å². The van der Waals surface area contributed by atoms with E-state index in [-0.39, 0.29) is 49.4 Å². The van der Waals surface area contributed by atoms with E-state index < -0.39 is 35.3 Å². The number of rotatable bonds is 9. The first-order valence-electron chi connectivity index (χ1n) is 15.1. The Labute approximate surface area is 271 Å². The number of halogens is 2. The van der Waals surface area contributed by atoms with Crippen LogP contribution in [0.4, 0.5) is 13.6 Å². The number of benzene rings is 4. The smallest absolute Gasteiger partial charge is 0.413 e. The van der Waals surface area contributed by atoms with Crippen molar-refractivity contribution >= 4 is 23.4 Å². The van der Waals surface area contributed by atoms with Gasteiger partial charge in [-0.2, -0.15) is 0 Å². The Balaban J connectivity index is 1.13. The number of carbonyl (C=O) groups excluding carboxylic acids is 1. The number of thiocarbonyl (C=S) groups is 1. The molecule has 4 aromatic rings. The van der Waals surface area contributed by atoms with Gasteiger partial charge in [0.05, 0.1) is 31.5 Å². The highest BCUT2D eigenvalue weighted by molar-refractivity contribution is 7.80. The molecule has 10 heteroatoms. The third kappa shape index (κ3) is 6.66. The maximum atomic E-state index is 15.3. The molecule has 46 heavy (non-hydrogen) atoms. The SMILES string of the molecule is O=C(NC(=S)N[C@@]1(c2ccc(F)cc2F)CO[C@@H](COCc2ccccc2)C[C@H]1CO)OCC1c2ccccc2-c2ccccc21. The molecule has 1 aliphatic carbocycles. The summed E-state index contributed by atoms with van der Waals surface area (Å²) in [6.45, 7) is 0.209. The van der Waals surface area contributed by atoms with E-state index in [1.165, 1.54) is 6.07 Å². The normalized spacial score (nSPS) is 20.4. The molecular weight excluding hydrogens is 610 g/mol. The summed E-state index contributed by atoms with van der Waals surface area (Å²) in [6, 6.07) is 28.9. The number of hydrogen-bond donors (Lipinski definition) is 3. The van der Waals surface area contributed by atoms with E-state index >= 15 is 4.39 Å². The van der Waals surface area contributed by atoms with E-state index in [2.05, 4.69) is 10.6 Å². The Kier molecular flexibility index (Phi) is 9.70. The van der Waals surface area contributed by atoms with Crippen molar-refractivity contribution < 1.29 is 32.9 Å². The van der Waals surface area contributed by atoms with E-state index in [9.17, 15) is 14.3 Å². The average Bonchev–Trinajstić information content (AvgIpc) is 3.38. The highest BCUT2D eigenvalue weighted by Crippen LogP contribution is 2.44. The lowest BCUT2D eigenvalue weighted by Gasteiger charge is -2.47. The predicted octanol–water partition coefficient (Wildman–Crippen LogP) is 6.19. The molecule has 238 valence electrons. The molecule has 0 bridgehead atoms. The number of aliphatic hydroxyl groups excluding tert-OH is 1. The van der Waals surface area contributed by atoms with Gasteiger partial charge in [0.15, 0.2) is 5.11 Å². The third-order valence-electron chi connectivity index (χ3n) is 8.73. The van der Waals surface area contributed by atoms with Gasteiger partial charge in [0.25, 0.3) is 0 Å². The van der Waals surface area contributed by atoms with Gasteiger partial charge in [0, 0.05) is 30.1 Å². The maximum absolute atomic E-state index is 15.3. The van der Waals surface area contributed by atoms with Crippen LogP contribution in [0, 0.1) is 17.6 Å². The fourth-order valence-electron chi connectivity index (χ4n) is 6.50. The summed E-state index contributed by atoms with van der Waals surface area (Å²) in [6.07, 6.45) is -0.913. The maximum Gasteiger partial charge on any atom is 0.413 e. The molecule has 0 aromatic heterocycles. The lowest BCUT2D eigenvalue weighted by molar-refractivity contribution is -0.111. The highest BCUT2D eigenvalue weighted by Gasteiger charge is 2.48. The first kappa shape index (κ1) is 31.7. The van der Waals surface area contributed by atoms with E-state index in [1.54, 1.807) is 0 Å². The van der Waals surface area contributed by atoms with Crippen LogP contribution in [0.3, 0.4) is 0 Å². The topological polar surface area (TPSA) is 89.1 Å². The van der Waals surface area contributed by atoms with Crippen molar-refractivity contribution in [3.63, 3.8) is 0 Å². The number of amides is 1. The monoisotopic (exact) mass is 644 g/mol. The Hall–Kier alpha value is -4.22. The second-order valence-electron chi connectivity index (χ2n) is 11.5. The molecule has 0 saturated carbocycles. The zero-order valence-corrected chi connectivity index (χ0v) is 25.8. The number of carbonyl (C=O) groups is 1. The van der Waals surface area contributed by atoms with Crippen molar-refractivity contribution in [3.8, 4) is 11.1 Å². The van der Waals surface area contributed by atoms with E-state index in [4.69, 9.17) is 26.4 Å². The first-order valence-corrected chi connectivity index (χ1v) is 15.5. The first-order chi connectivity index (χ1) is 22.4. The summed E-state index contributed by atoms with van der Waals surface area (Å²) < 4.78 is 46.9. The van der Waals surface area contributed by atoms with Crippen molar-refractivity contribution in [2.75, 3.05) is 26.4 Å². The molecule has 2 aliphatic rings. The lowest BCUT2D eigenvalue weighted by atomic mass is 9.74. The lowest BCUT2D eigenvalue weighted by Crippen LogP contribution is -2.62. The molecule has 1 heterocycles. The van der Waals surface area contributed by atoms with Gasteiger partial charge in [0.2, 0.25) is 0 Å². The largest absolute Gasteiger partial charge is 0.448 e. The van der Waals surface area contributed by atoms with Gasteiger partial charge in [0.1, 0.15) is 18.2 Å². The van der Waals surface area contributed by atoms with Gasteiger partial charge in [-0.3, -0.25) is 5.32 Å². The van der Waals surface area contributed by atoms with Gasteiger partial charge in [-0.05, 0) is 52.5 Å². The van der Waals surface area contributed by atoms with Gasteiger partial charge in [-0.25, -0.2) is 13.6 Å². The molecule has 1 aliphatic heterocycles. The molecule has 1 amide bonds. The van der Waals surface area contributed by atoms with Crippen molar-refractivity contribution in [1.82, 2.24) is 10.6 Å². The minimum absolute atomic E-state index is 0.0493. The van der Waals surface area contributed by atoms with Crippen molar-refractivity contribution in [1.29, 1.82) is 0 Å². The second kappa shape index (κ2) is 14.0. The minimum atomic E-state index is -1.42. The fraction of sp³-hybridized carbons (Fsp3) is 0.278. The molecule has 6 rings (SSSR count). The Bertz CT molecular complexity index is 1660. The minimum Gasteiger partial charge on any atom is -0.448 e. The molecule has 3 atom stereocenters. The molecule has 3 N–H and O–H groups in total. The predicted molar refractivity (Wildman–Crippen MR) is 173 cm³/mol. The van der Waals surface area contributed by atoms with Gasteiger partial charge < -0.3 is 24.6 Å². The quantitative estimate of drug-likeness (QED) is 0.188. The summed E-state index contributed by atoms with van der Waals surface area (Å²) >= 11 is 5.50. The Morgan fingerprint density at radius 2 is 1.61 bits per heavy atom. The van der Waals surface area contributed by atoms with E-state index in [1.807, 2.05) is 78.9 Å². The molecule has 7 nitrogen and oxygen atoms in total. The number of alkyl carbamates (subject to hydrolysis) is 1. The fourth-order valence-corrected chi connectivity index (χ4v) is 6.76. The number of nitrogens with one attached hydrogen (secondary N) is 2. The molecule has 0 unspecified atom stereocenters. The summed E-state index contributed by atoms with van der Waals surface area (Å²) in [5.74, 6) is -2.36. The van der Waals surface area contributed by atoms with Crippen LogP contribution in [-0.2, 0) is 26.4 Å². The van der Waals surface area contributed by atoms with Crippen LogP contribution in [0.1, 0.15) is 34.6 Å². The van der Waals surface area contributed by atoms with Crippen LogP contribution < -0.4 is 10.6 Å². The highest BCUT2D eigenvalue weighted by atomic mass is 32.1. The molecule has 0 radical (unpaired) electrons. The zero-order valence-electron chi connectivity index (χ0n) is 25.0. The van der Waals surface area contributed by atoms with Crippen LogP contribution in [0.2, 0.25) is 0 Å². The van der Waals surface area contributed by atoms with Crippen LogP contribution >= 0.6 is 12.2 Å².